The van der Waals surface area contributed by atoms with Gasteiger partial charge in [-0.1, -0.05) is 6.08 Å². The van der Waals surface area contributed by atoms with Crippen molar-refractivity contribution < 1.29 is 0 Å². The van der Waals surface area contributed by atoms with Crippen LogP contribution in [0, 0.1) is 0 Å². The second-order valence-electron chi connectivity index (χ2n) is 2.69. The molecule has 0 fully saturated rings. The Kier molecular flexibility index (Phi) is 2.31. The zero-order chi connectivity index (χ0) is 9.10. The zero-order valence-corrected chi connectivity index (χ0v) is 8.19. The van der Waals surface area contributed by atoms with Crippen LogP contribution in [0.5, 0.6) is 0 Å². The SMILES string of the molecule is CNc1nc(C2=CCNC=C2)cs1. The molecular weight excluding hydrogens is 182 g/mol. The Morgan fingerprint density at radius 2 is 2.54 bits per heavy atom. The van der Waals surface area contributed by atoms with Crippen molar-refractivity contribution in [3.8, 4) is 0 Å². The Balaban J connectivity index is 2.24. The summed E-state index contributed by atoms with van der Waals surface area (Å²) in [7, 11) is 1.88. The minimum atomic E-state index is 0.887. The molecule has 1 aromatic heterocycles. The summed E-state index contributed by atoms with van der Waals surface area (Å²) in [5, 5.41) is 9.16. The van der Waals surface area contributed by atoms with E-state index in [1.807, 2.05) is 19.3 Å². The standard InChI is InChI=1S/C9H11N3S/c1-10-9-12-8(6-13-9)7-2-4-11-5-3-7/h2-4,6,11H,5H2,1H3,(H,10,12). The molecule has 0 amide bonds. The van der Waals surface area contributed by atoms with E-state index in [2.05, 4.69) is 27.1 Å². The average molecular weight is 193 g/mol. The van der Waals surface area contributed by atoms with Crippen molar-refractivity contribution in [2.45, 2.75) is 0 Å². The van der Waals surface area contributed by atoms with E-state index in [1.54, 1.807) is 11.3 Å². The van der Waals surface area contributed by atoms with E-state index in [4.69, 9.17) is 0 Å². The van der Waals surface area contributed by atoms with Crippen molar-refractivity contribution in [2.75, 3.05) is 18.9 Å². The molecule has 4 heteroatoms. The molecule has 0 atom stereocenters. The lowest BCUT2D eigenvalue weighted by Crippen LogP contribution is -2.08. The number of nitrogens with one attached hydrogen (secondary N) is 2. The lowest BCUT2D eigenvalue weighted by Gasteiger charge is -2.04. The van der Waals surface area contributed by atoms with Gasteiger partial charge in [0.25, 0.3) is 0 Å². The number of thiazole rings is 1. The second kappa shape index (κ2) is 3.62. The maximum atomic E-state index is 4.41. The summed E-state index contributed by atoms with van der Waals surface area (Å²) in [5.41, 5.74) is 2.24. The van der Waals surface area contributed by atoms with Crippen molar-refractivity contribution >= 4 is 22.0 Å². The van der Waals surface area contributed by atoms with Crippen molar-refractivity contribution in [1.29, 1.82) is 0 Å². The van der Waals surface area contributed by atoms with Crippen LogP contribution in [0.3, 0.4) is 0 Å². The van der Waals surface area contributed by atoms with Gasteiger partial charge in [0.1, 0.15) is 0 Å². The van der Waals surface area contributed by atoms with Crippen LogP contribution >= 0.6 is 11.3 Å². The van der Waals surface area contributed by atoms with Crippen molar-refractivity contribution in [3.05, 3.63) is 29.4 Å². The van der Waals surface area contributed by atoms with Crippen LogP contribution in [0.25, 0.3) is 5.57 Å². The van der Waals surface area contributed by atoms with E-state index >= 15 is 0 Å². The van der Waals surface area contributed by atoms with Gasteiger partial charge < -0.3 is 10.6 Å². The van der Waals surface area contributed by atoms with Crippen molar-refractivity contribution in [1.82, 2.24) is 10.3 Å². The summed E-state index contributed by atoms with van der Waals surface area (Å²) in [6, 6.07) is 0. The molecule has 0 bridgehead atoms. The Morgan fingerprint density at radius 1 is 1.62 bits per heavy atom. The molecule has 2 rings (SSSR count). The van der Waals surface area contributed by atoms with Crippen molar-refractivity contribution in [2.24, 2.45) is 0 Å². The number of rotatable bonds is 2. The first kappa shape index (κ1) is 8.31. The van der Waals surface area contributed by atoms with Crippen LogP contribution in [0.15, 0.2) is 23.7 Å². The minimum Gasteiger partial charge on any atom is -0.387 e. The molecule has 68 valence electrons. The van der Waals surface area contributed by atoms with E-state index in [9.17, 15) is 0 Å². The predicted molar refractivity (Wildman–Crippen MR) is 56.8 cm³/mol. The molecule has 1 aromatic rings. The van der Waals surface area contributed by atoms with E-state index in [0.29, 0.717) is 0 Å². The van der Waals surface area contributed by atoms with Gasteiger partial charge in [-0.25, -0.2) is 4.98 Å². The minimum absolute atomic E-state index is 0.887. The first-order valence-corrected chi connectivity index (χ1v) is 5.02. The molecule has 0 aromatic carbocycles. The van der Waals surface area contributed by atoms with Crippen LogP contribution in [0.2, 0.25) is 0 Å². The van der Waals surface area contributed by atoms with Gasteiger partial charge in [-0.15, -0.1) is 11.3 Å². The molecule has 1 aliphatic heterocycles. The normalized spacial score (nSPS) is 15.0. The monoisotopic (exact) mass is 193 g/mol. The Hall–Kier alpha value is -1.29. The number of allylic oxidation sites excluding steroid dienone is 2. The number of dihydropyridines is 1. The highest BCUT2D eigenvalue weighted by Crippen LogP contribution is 2.22. The first-order valence-electron chi connectivity index (χ1n) is 4.14. The fourth-order valence-corrected chi connectivity index (χ4v) is 1.85. The summed E-state index contributed by atoms with van der Waals surface area (Å²) in [5.74, 6) is 0. The van der Waals surface area contributed by atoms with Gasteiger partial charge in [-0.2, -0.15) is 0 Å². The predicted octanol–water partition coefficient (Wildman–Crippen LogP) is 1.69. The Labute approximate surface area is 81.2 Å². The molecule has 13 heavy (non-hydrogen) atoms. The van der Waals surface area contributed by atoms with E-state index in [0.717, 1.165) is 17.4 Å². The first-order chi connectivity index (χ1) is 6.40. The largest absolute Gasteiger partial charge is 0.387 e. The third-order valence-electron chi connectivity index (χ3n) is 1.83. The van der Waals surface area contributed by atoms with Gasteiger partial charge >= 0.3 is 0 Å². The third-order valence-corrected chi connectivity index (χ3v) is 2.69. The molecule has 2 heterocycles. The average Bonchev–Trinajstić information content (AvgIpc) is 2.67. The fraction of sp³-hybridized carbons (Fsp3) is 0.222. The smallest absolute Gasteiger partial charge is 0.182 e. The highest BCUT2D eigenvalue weighted by molar-refractivity contribution is 7.13. The highest BCUT2D eigenvalue weighted by Gasteiger charge is 2.04. The summed E-state index contributed by atoms with van der Waals surface area (Å²) in [6.07, 6.45) is 6.13. The topological polar surface area (TPSA) is 37.0 Å². The summed E-state index contributed by atoms with van der Waals surface area (Å²) in [4.78, 5) is 4.41. The fourth-order valence-electron chi connectivity index (χ4n) is 1.16. The Bertz CT molecular complexity index is 351. The molecule has 0 spiro atoms. The molecule has 3 nitrogen and oxygen atoms in total. The molecule has 2 N–H and O–H groups in total. The lowest BCUT2D eigenvalue weighted by atomic mass is 10.1. The van der Waals surface area contributed by atoms with Crippen molar-refractivity contribution in [3.63, 3.8) is 0 Å². The summed E-state index contributed by atoms with van der Waals surface area (Å²) >= 11 is 1.63. The maximum Gasteiger partial charge on any atom is 0.182 e. The molecular formula is C9H11N3S. The van der Waals surface area contributed by atoms with Crippen LogP contribution < -0.4 is 10.6 Å². The van der Waals surface area contributed by atoms with Gasteiger partial charge in [0, 0.05) is 24.5 Å². The summed E-state index contributed by atoms with van der Waals surface area (Å²) in [6.45, 7) is 0.887. The maximum absolute atomic E-state index is 4.41. The molecule has 0 saturated carbocycles. The van der Waals surface area contributed by atoms with E-state index in [1.165, 1.54) is 5.57 Å². The van der Waals surface area contributed by atoms with Gasteiger partial charge in [0.2, 0.25) is 0 Å². The third kappa shape index (κ3) is 1.72. The van der Waals surface area contributed by atoms with Crippen LogP contribution in [-0.2, 0) is 0 Å². The molecule has 0 aliphatic carbocycles. The highest BCUT2D eigenvalue weighted by atomic mass is 32.1. The second-order valence-corrected chi connectivity index (χ2v) is 3.55. The zero-order valence-electron chi connectivity index (χ0n) is 7.37. The summed E-state index contributed by atoms with van der Waals surface area (Å²) < 4.78 is 0. The van der Waals surface area contributed by atoms with E-state index < -0.39 is 0 Å². The van der Waals surface area contributed by atoms with Gasteiger partial charge in [-0.3, -0.25) is 0 Å². The van der Waals surface area contributed by atoms with Crippen LogP contribution in [-0.4, -0.2) is 18.6 Å². The number of anilines is 1. The molecule has 0 unspecified atom stereocenters. The van der Waals surface area contributed by atoms with Gasteiger partial charge in [-0.05, 0) is 12.3 Å². The molecule has 0 saturated heterocycles. The lowest BCUT2D eigenvalue weighted by molar-refractivity contribution is 0.974. The van der Waals surface area contributed by atoms with Crippen LogP contribution in [0.1, 0.15) is 5.69 Å². The van der Waals surface area contributed by atoms with E-state index in [-0.39, 0.29) is 0 Å². The number of aromatic nitrogens is 1. The van der Waals surface area contributed by atoms with Gasteiger partial charge in [0.15, 0.2) is 5.13 Å². The van der Waals surface area contributed by atoms with Crippen LogP contribution in [0.4, 0.5) is 5.13 Å². The number of nitrogens with zero attached hydrogens (tertiary/aromatic N) is 1. The quantitative estimate of drug-likeness (QED) is 0.750. The number of hydrogen-bond donors (Lipinski definition) is 2. The molecule has 0 radical (unpaired) electrons. The van der Waals surface area contributed by atoms with Gasteiger partial charge in [0.05, 0.1) is 5.69 Å². The molecule has 1 aliphatic rings. The Morgan fingerprint density at radius 3 is 3.15 bits per heavy atom. The number of hydrogen-bond acceptors (Lipinski definition) is 4.